The first kappa shape index (κ1) is 21.0. The molecule has 1 fully saturated rings. The highest BCUT2D eigenvalue weighted by Gasteiger charge is 2.30. The number of carbonyl (C=O) groups is 2. The van der Waals surface area contributed by atoms with Crippen LogP contribution in [0.1, 0.15) is 41.2 Å². The molecule has 31 heavy (non-hydrogen) atoms. The molecule has 1 N–H and O–H groups in total. The van der Waals surface area contributed by atoms with Crippen molar-refractivity contribution in [2.75, 3.05) is 45.7 Å². The van der Waals surface area contributed by atoms with E-state index in [1.54, 1.807) is 31.1 Å². The molecule has 7 heteroatoms. The van der Waals surface area contributed by atoms with E-state index in [0.29, 0.717) is 18.8 Å². The molecule has 1 atom stereocenters. The highest BCUT2D eigenvalue weighted by atomic mass is 16.5. The molecule has 0 aliphatic carbocycles. The van der Waals surface area contributed by atoms with E-state index < -0.39 is 0 Å². The van der Waals surface area contributed by atoms with Crippen LogP contribution in [0.4, 0.5) is 5.69 Å². The fourth-order valence-electron chi connectivity index (χ4n) is 4.07. The zero-order chi connectivity index (χ0) is 21.8. The number of rotatable bonds is 5. The second-order valence-corrected chi connectivity index (χ2v) is 8.13. The predicted molar refractivity (Wildman–Crippen MR) is 119 cm³/mol. The van der Waals surface area contributed by atoms with E-state index in [2.05, 4.69) is 5.32 Å². The molecule has 1 unspecified atom stereocenters. The summed E-state index contributed by atoms with van der Waals surface area (Å²) in [6.07, 6.45) is 2.78. The van der Waals surface area contributed by atoms with E-state index in [0.717, 1.165) is 48.6 Å². The molecular weight excluding hydrogens is 394 g/mol. The van der Waals surface area contributed by atoms with E-state index in [-0.39, 0.29) is 24.4 Å². The molecule has 2 aromatic carbocycles. The Morgan fingerprint density at radius 3 is 2.52 bits per heavy atom. The quantitative estimate of drug-likeness (QED) is 0.799. The van der Waals surface area contributed by atoms with Crippen LogP contribution in [0, 0.1) is 0 Å². The van der Waals surface area contributed by atoms with Gasteiger partial charge in [-0.1, -0.05) is 6.07 Å². The van der Waals surface area contributed by atoms with Gasteiger partial charge in [0.05, 0.1) is 25.8 Å². The number of nitrogens with zero attached hydrogens (tertiary/aromatic N) is 2. The second kappa shape index (κ2) is 9.29. The molecule has 7 nitrogen and oxygen atoms in total. The number of carbonyl (C=O) groups excluding carboxylic acids is 2. The third-order valence-corrected chi connectivity index (χ3v) is 5.71. The minimum atomic E-state index is -0.0438. The van der Waals surface area contributed by atoms with Gasteiger partial charge in [0.25, 0.3) is 5.91 Å². The third kappa shape index (κ3) is 4.76. The van der Waals surface area contributed by atoms with Gasteiger partial charge in [0, 0.05) is 38.3 Å². The highest BCUT2D eigenvalue weighted by Crippen LogP contribution is 2.37. The van der Waals surface area contributed by atoms with Crippen LogP contribution in [-0.2, 0) is 4.79 Å². The van der Waals surface area contributed by atoms with Gasteiger partial charge in [-0.25, -0.2) is 0 Å². The maximum absolute atomic E-state index is 13.0. The molecule has 2 aromatic rings. The molecule has 2 aliphatic rings. The first-order chi connectivity index (χ1) is 15.0. The van der Waals surface area contributed by atoms with Crippen molar-refractivity contribution in [2.45, 2.75) is 25.3 Å². The lowest BCUT2D eigenvalue weighted by Crippen LogP contribution is -2.35. The molecular formula is C24H29N3O4. The Bertz CT molecular complexity index is 942. The maximum Gasteiger partial charge on any atom is 0.253 e. The minimum Gasteiger partial charge on any atom is -0.490 e. The molecule has 0 bridgehead atoms. The molecule has 2 amide bonds. The number of benzene rings is 2. The Labute approximate surface area is 182 Å². The monoisotopic (exact) mass is 423 g/mol. The van der Waals surface area contributed by atoms with Crippen LogP contribution in [0.3, 0.4) is 0 Å². The number of amides is 2. The zero-order valence-corrected chi connectivity index (χ0v) is 18.1. The summed E-state index contributed by atoms with van der Waals surface area (Å²) in [4.78, 5) is 28.4. The second-order valence-electron chi connectivity index (χ2n) is 8.13. The number of hydrogen-bond acceptors (Lipinski definition) is 5. The summed E-state index contributed by atoms with van der Waals surface area (Å²) < 4.78 is 11.5. The van der Waals surface area contributed by atoms with Crippen molar-refractivity contribution < 1.29 is 19.1 Å². The number of likely N-dealkylation sites (tertiary alicyclic amines) is 1. The average Bonchev–Trinajstić information content (AvgIpc) is 3.16. The fraction of sp³-hybridized carbons (Fsp3) is 0.417. The van der Waals surface area contributed by atoms with E-state index in [4.69, 9.17) is 9.47 Å². The Hall–Kier alpha value is -3.22. The van der Waals surface area contributed by atoms with Gasteiger partial charge in [-0.2, -0.15) is 0 Å². The Morgan fingerprint density at radius 2 is 1.77 bits per heavy atom. The molecule has 0 saturated carbocycles. The minimum absolute atomic E-state index is 0.0438. The number of hydrogen-bond donors (Lipinski definition) is 1. The molecule has 4 rings (SSSR count). The summed E-state index contributed by atoms with van der Waals surface area (Å²) in [7, 11) is 3.45. The van der Waals surface area contributed by atoms with E-state index in [1.165, 1.54) is 0 Å². The standard InChI is InChI=1S/C24H29N3O4/c1-26(2)24(29)17-6-9-19(10-7-17)25-16-23(28)27-12-3-5-20(27)18-8-11-21-22(15-18)31-14-4-13-30-21/h6-11,15,20,25H,3-5,12-14,16H2,1-2H3. The van der Waals surface area contributed by atoms with Crippen LogP contribution in [0.25, 0.3) is 0 Å². The number of ether oxygens (including phenoxy) is 2. The largest absolute Gasteiger partial charge is 0.490 e. The molecule has 2 heterocycles. The van der Waals surface area contributed by atoms with Gasteiger partial charge in [-0.05, 0) is 54.8 Å². The van der Waals surface area contributed by atoms with Crippen LogP contribution in [0.15, 0.2) is 42.5 Å². The summed E-state index contributed by atoms with van der Waals surface area (Å²) >= 11 is 0. The van der Waals surface area contributed by atoms with Gasteiger partial charge < -0.3 is 24.6 Å². The fourth-order valence-corrected chi connectivity index (χ4v) is 4.07. The SMILES string of the molecule is CN(C)C(=O)c1ccc(NCC(=O)N2CCCC2c2ccc3c(c2)OCCCO3)cc1. The van der Waals surface area contributed by atoms with E-state index in [9.17, 15) is 9.59 Å². The van der Waals surface area contributed by atoms with Gasteiger partial charge in [0.2, 0.25) is 5.91 Å². The summed E-state index contributed by atoms with van der Waals surface area (Å²) in [5.41, 5.74) is 2.52. The van der Waals surface area contributed by atoms with Gasteiger partial charge in [0.1, 0.15) is 0 Å². The van der Waals surface area contributed by atoms with Gasteiger partial charge in [-0.15, -0.1) is 0 Å². The van der Waals surface area contributed by atoms with Crippen molar-refractivity contribution in [3.05, 3.63) is 53.6 Å². The highest BCUT2D eigenvalue weighted by molar-refractivity contribution is 5.94. The molecule has 0 radical (unpaired) electrons. The van der Waals surface area contributed by atoms with Crippen molar-refractivity contribution in [1.29, 1.82) is 0 Å². The summed E-state index contributed by atoms with van der Waals surface area (Å²) in [5, 5.41) is 3.19. The topological polar surface area (TPSA) is 71.1 Å². The van der Waals surface area contributed by atoms with Crippen LogP contribution in [-0.4, -0.2) is 62.0 Å². The van der Waals surface area contributed by atoms with Gasteiger partial charge >= 0.3 is 0 Å². The van der Waals surface area contributed by atoms with Gasteiger partial charge in [-0.3, -0.25) is 9.59 Å². The number of nitrogens with one attached hydrogen (secondary N) is 1. The van der Waals surface area contributed by atoms with Crippen LogP contribution in [0.2, 0.25) is 0 Å². The van der Waals surface area contributed by atoms with Crippen LogP contribution >= 0.6 is 0 Å². The molecule has 164 valence electrons. The smallest absolute Gasteiger partial charge is 0.253 e. The lowest BCUT2D eigenvalue weighted by Gasteiger charge is -2.26. The number of anilines is 1. The Balaban J connectivity index is 1.39. The van der Waals surface area contributed by atoms with Crippen molar-refractivity contribution in [3.63, 3.8) is 0 Å². The lowest BCUT2D eigenvalue weighted by molar-refractivity contribution is -0.130. The molecule has 0 aromatic heterocycles. The van der Waals surface area contributed by atoms with E-state index >= 15 is 0 Å². The zero-order valence-electron chi connectivity index (χ0n) is 18.1. The first-order valence-corrected chi connectivity index (χ1v) is 10.8. The first-order valence-electron chi connectivity index (χ1n) is 10.8. The van der Waals surface area contributed by atoms with Crippen LogP contribution in [0.5, 0.6) is 11.5 Å². The Kier molecular flexibility index (Phi) is 6.30. The maximum atomic E-state index is 13.0. The van der Waals surface area contributed by atoms with Crippen molar-refractivity contribution in [1.82, 2.24) is 9.80 Å². The molecule has 1 saturated heterocycles. The van der Waals surface area contributed by atoms with Gasteiger partial charge in [0.15, 0.2) is 11.5 Å². The van der Waals surface area contributed by atoms with Crippen molar-refractivity contribution in [2.24, 2.45) is 0 Å². The van der Waals surface area contributed by atoms with E-state index in [1.807, 2.05) is 35.2 Å². The number of fused-ring (bicyclic) bond motifs is 1. The summed E-state index contributed by atoms with van der Waals surface area (Å²) in [6, 6.07) is 13.3. The lowest BCUT2D eigenvalue weighted by atomic mass is 10.0. The predicted octanol–water partition coefficient (Wildman–Crippen LogP) is 3.33. The Morgan fingerprint density at radius 1 is 1.03 bits per heavy atom. The molecule has 2 aliphatic heterocycles. The van der Waals surface area contributed by atoms with Crippen molar-refractivity contribution in [3.8, 4) is 11.5 Å². The normalized spacial score (nSPS) is 17.7. The summed E-state index contributed by atoms with van der Waals surface area (Å²) in [6.45, 7) is 2.26. The van der Waals surface area contributed by atoms with Crippen LogP contribution < -0.4 is 14.8 Å². The van der Waals surface area contributed by atoms with Crippen molar-refractivity contribution >= 4 is 17.5 Å². The summed E-state index contributed by atoms with van der Waals surface area (Å²) in [5.74, 6) is 1.55. The average molecular weight is 424 g/mol. The third-order valence-electron chi connectivity index (χ3n) is 5.71. The molecule has 0 spiro atoms.